The summed E-state index contributed by atoms with van der Waals surface area (Å²) in [5.41, 5.74) is 0.192. The van der Waals surface area contributed by atoms with Gasteiger partial charge >= 0.3 is 11.9 Å². The molecule has 2 rings (SSSR count). The molecule has 1 N–H and O–H groups in total. The van der Waals surface area contributed by atoms with E-state index in [9.17, 15) is 36.7 Å². The number of ether oxygens (including phenoxy) is 1. The Labute approximate surface area is 241 Å². The highest BCUT2D eigenvalue weighted by molar-refractivity contribution is 5.99. The minimum Gasteiger partial charge on any atom is -0.478 e. The van der Waals surface area contributed by atoms with Crippen LogP contribution in [0, 0.1) is 0 Å². The molecule has 2 aromatic rings. The Hall–Kier alpha value is -4.48. The van der Waals surface area contributed by atoms with E-state index in [4.69, 9.17) is 9.84 Å². The molecule has 0 saturated carbocycles. The van der Waals surface area contributed by atoms with Crippen LogP contribution in [0.2, 0.25) is 0 Å². The predicted octanol–water partition coefficient (Wildman–Crippen LogP) is 6.69. The standard InChI is InChI=1S/C16H19F2NO3.C14H15F2NO3/c1-4-6-19(3)15(20)12-7-11(9-14(17)18)8-13(10-12)16(21)22-5-2;1-3-4-17(2)13(18)10-5-9(7-12(15)16)6-11(8-10)14(19)20/h7-10H,4-6H2,1-3H3;5-8H,3-4H2,1-2H3,(H,19,20). The maximum Gasteiger partial charge on any atom is 0.338 e. The Balaban J connectivity index is 0.000000422. The molecule has 0 saturated heterocycles. The number of hydrogen-bond acceptors (Lipinski definition) is 5. The first-order valence-electron chi connectivity index (χ1n) is 13.0. The average Bonchev–Trinajstić information content (AvgIpc) is 2.91. The van der Waals surface area contributed by atoms with Crippen LogP contribution in [0.1, 0.15) is 86.2 Å². The van der Waals surface area contributed by atoms with Gasteiger partial charge in [0.2, 0.25) is 0 Å². The van der Waals surface area contributed by atoms with Crippen molar-refractivity contribution in [2.24, 2.45) is 0 Å². The number of carbonyl (C=O) groups excluding carboxylic acids is 3. The number of carbonyl (C=O) groups is 4. The third kappa shape index (κ3) is 11.6. The molecular formula is C30H34F4N2O6. The summed E-state index contributed by atoms with van der Waals surface area (Å²) in [6.07, 6.45) is -1.20. The lowest BCUT2D eigenvalue weighted by molar-refractivity contribution is 0.0525. The monoisotopic (exact) mass is 594 g/mol. The summed E-state index contributed by atoms with van der Waals surface area (Å²) in [5.74, 6) is -2.65. The molecule has 0 atom stereocenters. The Bertz CT molecular complexity index is 1340. The van der Waals surface area contributed by atoms with E-state index in [1.54, 1.807) is 21.0 Å². The highest BCUT2D eigenvalue weighted by atomic mass is 19.3. The van der Waals surface area contributed by atoms with Crippen LogP contribution in [-0.4, -0.2) is 72.5 Å². The summed E-state index contributed by atoms with van der Waals surface area (Å²) in [6.45, 7) is 6.65. The Kier molecular flexibility index (Phi) is 14.7. The molecule has 0 radical (unpaired) electrons. The van der Waals surface area contributed by atoms with E-state index in [1.165, 1.54) is 40.1 Å². The van der Waals surface area contributed by atoms with Gasteiger partial charge in [0, 0.05) is 50.5 Å². The summed E-state index contributed by atoms with van der Waals surface area (Å²) in [6, 6.07) is 7.49. The average molecular weight is 595 g/mol. The van der Waals surface area contributed by atoms with Gasteiger partial charge in [-0.05, 0) is 67.3 Å². The zero-order valence-corrected chi connectivity index (χ0v) is 24.0. The van der Waals surface area contributed by atoms with Gasteiger partial charge in [0.1, 0.15) is 0 Å². The second kappa shape index (κ2) is 17.4. The van der Waals surface area contributed by atoms with E-state index >= 15 is 0 Å². The van der Waals surface area contributed by atoms with Crippen LogP contribution in [0.5, 0.6) is 0 Å². The van der Waals surface area contributed by atoms with Crippen LogP contribution in [0.25, 0.3) is 12.2 Å². The minimum atomic E-state index is -1.95. The Morgan fingerprint density at radius 1 is 0.690 bits per heavy atom. The molecule has 228 valence electrons. The molecule has 0 aromatic heterocycles. The van der Waals surface area contributed by atoms with Crippen molar-refractivity contribution >= 4 is 35.9 Å². The first-order chi connectivity index (χ1) is 19.7. The second-order valence-electron chi connectivity index (χ2n) is 9.03. The van der Waals surface area contributed by atoms with Gasteiger partial charge < -0.3 is 19.6 Å². The van der Waals surface area contributed by atoms with Crippen molar-refractivity contribution in [1.82, 2.24) is 9.80 Å². The zero-order valence-electron chi connectivity index (χ0n) is 24.0. The number of hydrogen-bond donors (Lipinski definition) is 1. The molecule has 2 aromatic carbocycles. The molecule has 12 heteroatoms. The van der Waals surface area contributed by atoms with Gasteiger partial charge in [0.15, 0.2) is 0 Å². The van der Waals surface area contributed by atoms with Crippen LogP contribution in [0.15, 0.2) is 48.6 Å². The molecule has 0 bridgehead atoms. The van der Waals surface area contributed by atoms with Crippen molar-refractivity contribution in [3.8, 4) is 0 Å². The van der Waals surface area contributed by atoms with E-state index in [0.717, 1.165) is 18.9 Å². The van der Waals surface area contributed by atoms with Gasteiger partial charge in [-0.1, -0.05) is 13.8 Å². The number of halogens is 4. The van der Waals surface area contributed by atoms with Crippen LogP contribution >= 0.6 is 0 Å². The van der Waals surface area contributed by atoms with E-state index < -0.39 is 30.0 Å². The summed E-state index contributed by atoms with van der Waals surface area (Å²) in [5, 5.41) is 8.96. The maximum absolute atomic E-state index is 12.5. The van der Waals surface area contributed by atoms with Crippen molar-refractivity contribution < 1.29 is 46.6 Å². The molecule has 0 aliphatic carbocycles. The first kappa shape index (κ1) is 35.5. The number of benzene rings is 2. The van der Waals surface area contributed by atoms with Gasteiger partial charge in [-0.15, -0.1) is 0 Å². The molecule has 0 aliphatic heterocycles. The van der Waals surface area contributed by atoms with Crippen molar-refractivity contribution in [3.63, 3.8) is 0 Å². The predicted molar refractivity (Wildman–Crippen MR) is 151 cm³/mol. The summed E-state index contributed by atoms with van der Waals surface area (Å²) >= 11 is 0. The molecule has 0 fully saturated rings. The Morgan fingerprint density at radius 2 is 1.07 bits per heavy atom. The smallest absolute Gasteiger partial charge is 0.338 e. The number of amides is 2. The van der Waals surface area contributed by atoms with Crippen molar-refractivity contribution in [3.05, 3.63) is 81.9 Å². The SMILES string of the molecule is CCCN(C)C(=O)c1cc(C=C(F)F)cc(C(=O)O)c1.CCCN(C)C(=O)c1cc(C=C(F)F)cc(C(=O)OCC)c1. The summed E-state index contributed by atoms with van der Waals surface area (Å²) in [7, 11) is 3.19. The van der Waals surface area contributed by atoms with E-state index in [-0.39, 0.29) is 45.9 Å². The highest BCUT2D eigenvalue weighted by Gasteiger charge is 2.17. The molecule has 8 nitrogen and oxygen atoms in total. The highest BCUT2D eigenvalue weighted by Crippen LogP contribution is 2.18. The lowest BCUT2D eigenvalue weighted by Crippen LogP contribution is -2.27. The summed E-state index contributed by atoms with van der Waals surface area (Å²) in [4.78, 5) is 50.0. The van der Waals surface area contributed by atoms with Gasteiger partial charge in [-0.2, -0.15) is 17.6 Å². The van der Waals surface area contributed by atoms with E-state index in [0.29, 0.717) is 25.2 Å². The van der Waals surface area contributed by atoms with E-state index in [1.807, 2.05) is 13.8 Å². The van der Waals surface area contributed by atoms with Gasteiger partial charge in [0.05, 0.1) is 17.7 Å². The quantitative estimate of drug-likeness (QED) is 0.230. The summed E-state index contributed by atoms with van der Waals surface area (Å²) < 4.78 is 54.4. The largest absolute Gasteiger partial charge is 0.478 e. The number of carboxylic acid groups (broad SMARTS) is 1. The number of aromatic carboxylic acids is 1. The van der Waals surface area contributed by atoms with Gasteiger partial charge in [0.25, 0.3) is 24.0 Å². The second-order valence-corrected chi connectivity index (χ2v) is 9.03. The molecule has 0 aliphatic rings. The normalized spacial score (nSPS) is 10.0. The fourth-order valence-corrected chi connectivity index (χ4v) is 3.74. The zero-order chi connectivity index (χ0) is 32.0. The van der Waals surface area contributed by atoms with E-state index in [2.05, 4.69) is 0 Å². The molecular weight excluding hydrogens is 560 g/mol. The van der Waals surface area contributed by atoms with Crippen LogP contribution in [-0.2, 0) is 4.74 Å². The van der Waals surface area contributed by atoms with Crippen molar-refractivity contribution in [2.45, 2.75) is 33.6 Å². The topological polar surface area (TPSA) is 104 Å². The van der Waals surface area contributed by atoms with Gasteiger partial charge in [-0.25, -0.2) is 9.59 Å². The fourth-order valence-electron chi connectivity index (χ4n) is 3.74. The number of rotatable bonds is 11. The maximum atomic E-state index is 12.5. The Morgan fingerprint density at radius 3 is 1.43 bits per heavy atom. The number of carboxylic acids is 1. The number of esters is 1. The van der Waals surface area contributed by atoms with Crippen molar-refractivity contribution in [2.75, 3.05) is 33.8 Å². The molecule has 42 heavy (non-hydrogen) atoms. The minimum absolute atomic E-state index is 0.0156. The van der Waals surface area contributed by atoms with Crippen LogP contribution in [0.3, 0.4) is 0 Å². The molecule has 0 unspecified atom stereocenters. The number of nitrogens with zero attached hydrogens (tertiary/aromatic N) is 2. The third-order valence-electron chi connectivity index (χ3n) is 5.53. The lowest BCUT2D eigenvalue weighted by Gasteiger charge is -2.17. The molecule has 2 amide bonds. The molecule has 0 spiro atoms. The molecule has 0 heterocycles. The van der Waals surface area contributed by atoms with Gasteiger partial charge in [-0.3, -0.25) is 9.59 Å². The van der Waals surface area contributed by atoms with Crippen LogP contribution < -0.4 is 0 Å². The van der Waals surface area contributed by atoms with Crippen molar-refractivity contribution in [1.29, 1.82) is 0 Å². The lowest BCUT2D eigenvalue weighted by atomic mass is 10.0. The van der Waals surface area contributed by atoms with Crippen LogP contribution in [0.4, 0.5) is 17.6 Å². The fraction of sp³-hybridized carbons (Fsp3) is 0.333. The third-order valence-corrected chi connectivity index (χ3v) is 5.53. The first-order valence-corrected chi connectivity index (χ1v) is 13.0.